The Bertz CT molecular complexity index is 559. The van der Waals surface area contributed by atoms with E-state index in [9.17, 15) is 13.2 Å². The van der Waals surface area contributed by atoms with Crippen molar-refractivity contribution in [2.24, 2.45) is 0 Å². The van der Waals surface area contributed by atoms with Crippen molar-refractivity contribution in [3.63, 3.8) is 0 Å². The van der Waals surface area contributed by atoms with Gasteiger partial charge in [-0.1, -0.05) is 0 Å². The maximum absolute atomic E-state index is 12.0. The highest BCUT2D eigenvalue weighted by Crippen LogP contribution is 2.16. The minimum atomic E-state index is -3.19. The Hall–Kier alpha value is -1.04. The SMILES string of the molecule is CC(C)n1ccn(CCS(=O)(=O)C(C)(C)C)c1=O. The normalized spacial score (nSPS) is 13.2. The molecule has 0 radical (unpaired) electrons. The highest BCUT2D eigenvalue weighted by molar-refractivity contribution is 7.92. The first-order valence-corrected chi connectivity index (χ1v) is 7.71. The summed E-state index contributed by atoms with van der Waals surface area (Å²) in [6, 6.07) is 0.0815. The van der Waals surface area contributed by atoms with Crippen LogP contribution in [0.1, 0.15) is 40.7 Å². The second kappa shape index (κ2) is 4.91. The Balaban J connectivity index is 2.87. The smallest absolute Gasteiger partial charge is 0.298 e. The van der Waals surface area contributed by atoms with Crippen LogP contribution in [0.15, 0.2) is 17.2 Å². The summed E-state index contributed by atoms with van der Waals surface area (Å²) >= 11 is 0. The molecule has 0 N–H and O–H groups in total. The second-order valence-corrected chi connectivity index (χ2v) is 8.57. The van der Waals surface area contributed by atoms with Crippen LogP contribution in [0.4, 0.5) is 0 Å². The molecule has 0 fully saturated rings. The molecule has 0 bridgehead atoms. The summed E-state index contributed by atoms with van der Waals surface area (Å²) < 4.78 is 26.2. The third-order valence-electron chi connectivity index (χ3n) is 2.96. The minimum absolute atomic E-state index is 0.0154. The van der Waals surface area contributed by atoms with Crippen molar-refractivity contribution >= 4 is 9.84 Å². The molecule has 0 saturated carbocycles. The molecular formula is C12H22N2O3S. The lowest BCUT2D eigenvalue weighted by atomic mass is 10.3. The Morgan fingerprint density at radius 2 is 1.78 bits per heavy atom. The first-order chi connectivity index (χ1) is 8.06. The number of sulfone groups is 1. The summed E-state index contributed by atoms with van der Waals surface area (Å²) in [4.78, 5) is 11.9. The summed E-state index contributed by atoms with van der Waals surface area (Å²) in [6.45, 7) is 9.05. The summed E-state index contributed by atoms with van der Waals surface area (Å²) in [6.07, 6.45) is 3.33. The van der Waals surface area contributed by atoms with Gasteiger partial charge in [-0.05, 0) is 34.6 Å². The van der Waals surface area contributed by atoms with Crippen LogP contribution in [0.3, 0.4) is 0 Å². The third kappa shape index (κ3) is 3.04. The van der Waals surface area contributed by atoms with Crippen LogP contribution in [-0.4, -0.2) is 28.1 Å². The zero-order valence-corrected chi connectivity index (χ0v) is 12.5. The molecule has 1 aromatic heterocycles. The maximum atomic E-state index is 12.0. The van der Waals surface area contributed by atoms with E-state index in [-0.39, 0.29) is 24.0 Å². The van der Waals surface area contributed by atoms with Gasteiger partial charge >= 0.3 is 5.69 Å². The zero-order valence-electron chi connectivity index (χ0n) is 11.7. The Morgan fingerprint density at radius 3 is 2.17 bits per heavy atom. The molecule has 0 unspecified atom stereocenters. The Morgan fingerprint density at radius 1 is 1.22 bits per heavy atom. The highest BCUT2D eigenvalue weighted by Gasteiger charge is 2.28. The fourth-order valence-electron chi connectivity index (χ4n) is 1.52. The minimum Gasteiger partial charge on any atom is -0.298 e. The molecule has 18 heavy (non-hydrogen) atoms. The predicted octanol–water partition coefficient (Wildman–Crippen LogP) is 1.44. The van der Waals surface area contributed by atoms with E-state index in [1.165, 1.54) is 4.57 Å². The Labute approximate surface area is 108 Å². The molecule has 0 amide bonds. The van der Waals surface area contributed by atoms with Gasteiger partial charge in [0.1, 0.15) is 0 Å². The number of rotatable bonds is 4. The van der Waals surface area contributed by atoms with Crippen LogP contribution in [0.25, 0.3) is 0 Å². The van der Waals surface area contributed by atoms with Crippen LogP contribution in [0, 0.1) is 0 Å². The lowest BCUT2D eigenvalue weighted by molar-refractivity contribution is 0.542. The van der Waals surface area contributed by atoms with E-state index in [1.807, 2.05) is 13.8 Å². The first-order valence-electron chi connectivity index (χ1n) is 6.06. The monoisotopic (exact) mass is 274 g/mol. The fourth-order valence-corrected chi connectivity index (χ4v) is 2.57. The van der Waals surface area contributed by atoms with Crippen LogP contribution >= 0.6 is 0 Å². The highest BCUT2D eigenvalue weighted by atomic mass is 32.2. The quantitative estimate of drug-likeness (QED) is 0.834. The number of nitrogens with zero attached hydrogens (tertiary/aromatic N) is 2. The lowest BCUT2D eigenvalue weighted by Gasteiger charge is -2.18. The molecule has 0 aliphatic heterocycles. The molecule has 0 spiro atoms. The summed E-state index contributed by atoms with van der Waals surface area (Å²) in [7, 11) is -3.19. The summed E-state index contributed by atoms with van der Waals surface area (Å²) in [5, 5.41) is 0. The molecule has 6 heteroatoms. The van der Waals surface area contributed by atoms with E-state index < -0.39 is 14.6 Å². The van der Waals surface area contributed by atoms with E-state index in [1.54, 1.807) is 37.7 Å². The van der Waals surface area contributed by atoms with Crippen molar-refractivity contribution in [2.75, 3.05) is 5.75 Å². The topological polar surface area (TPSA) is 61.1 Å². The van der Waals surface area contributed by atoms with Gasteiger partial charge in [-0.25, -0.2) is 13.2 Å². The number of hydrogen-bond acceptors (Lipinski definition) is 3. The molecule has 0 aromatic carbocycles. The molecule has 1 aromatic rings. The van der Waals surface area contributed by atoms with Gasteiger partial charge in [0.05, 0.1) is 10.5 Å². The maximum Gasteiger partial charge on any atom is 0.328 e. The summed E-state index contributed by atoms with van der Waals surface area (Å²) in [5.74, 6) is -0.0154. The van der Waals surface area contributed by atoms with Gasteiger partial charge in [0.25, 0.3) is 0 Å². The standard InChI is InChI=1S/C12H22N2O3S/c1-10(2)14-7-6-13(11(14)15)8-9-18(16,17)12(3,4)5/h6-7,10H,8-9H2,1-5H3. The van der Waals surface area contributed by atoms with Crippen molar-refractivity contribution in [3.8, 4) is 0 Å². The van der Waals surface area contributed by atoms with Crippen molar-refractivity contribution < 1.29 is 8.42 Å². The van der Waals surface area contributed by atoms with Gasteiger partial charge in [-0.3, -0.25) is 9.13 Å². The first kappa shape index (κ1) is 15.0. The molecular weight excluding hydrogens is 252 g/mol. The third-order valence-corrected chi connectivity index (χ3v) is 5.55. The molecule has 0 aliphatic carbocycles. The van der Waals surface area contributed by atoms with Gasteiger partial charge in [0.2, 0.25) is 0 Å². The zero-order chi connectivity index (χ0) is 14.1. The van der Waals surface area contributed by atoms with E-state index in [0.717, 1.165) is 0 Å². The second-order valence-electron chi connectivity index (χ2n) is 5.71. The van der Waals surface area contributed by atoms with Crippen molar-refractivity contribution in [1.29, 1.82) is 0 Å². The number of aromatic nitrogens is 2. The van der Waals surface area contributed by atoms with E-state index in [2.05, 4.69) is 0 Å². The largest absolute Gasteiger partial charge is 0.328 e. The molecule has 5 nitrogen and oxygen atoms in total. The van der Waals surface area contributed by atoms with Crippen LogP contribution in [0.2, 0.25) is 0 Å². The van der Waals surface area contributed by atoms with Crippen LogP contribution < -0.4 is 5.69 Å². The van der Waals surface area contributed by atoms with Crippen molar-refractivity contribution in [1.82, 2.24) is 9.13 Å². The number of hydrogen-bond donors (Lipinski definition) is 0. The average molecular weight is 274 g/mol. The molecule has 104 valence electrons. The van der Waals surface area contributed by atoms with E-state index >= 15 is 0 Å². The van der Waals surface area contributed by atoms with Crippen LogP contribution in [-0.2, 0) is 16.4 Å². The van der Waals surface area contributed by atoms with E-state index in [0.29, 0.717) is 0 Å². The number of imidazole rings is 1. The molecule has 0 atom stereocenters. The van der Waals surface area contributed by atoms with Crippen molar-refractivity contribution in [3.05, 3.63) is 22.9 Å². The number of aryl methyl sites for hydroxylation is 1. The van der Waals surface area contributed by atoms with Gasteiger partial charge in [0.15, 0.2) is 9.84 Å². The van der Waals surface area contributed by atoms with Gasteiger partial charge in [-0.15, -0.1) is 0 Å². The Kier molecular flexibility index (Phi) is 4.10. The fraction of sp³-hybridized carbons (Fsp3) is 0.750. The van der Waals surface area contributed by atoms with Gasteiger partial charge < -0.3 is 0 Å². The van der Waals surface area contributed by atoms with E-state index in [4.69, 9.17) is 0 Å². The molecule has 0 aliphatic rings. The van der Waals surface area contributed by atoms with Gasteiger partial charge in [0, 0.05) is 25.0 Å². The lowest BCUT2D eigenvalue weighted by Crippen LogP contribution is -2.34. The predicted molar refractivity (Wildman–Crippen MR) is 72.6 cm³/mol. The van der Waals surface area contributed by atoms with Gasteiger partial charge in [-0.2, -0.15) is 0 Å². The van der Waals surface area contributed by atoms with Crippen molar-refractivity contribution in [2.45, 2.75) is 52.0 Å². The molecule has 1 heterocycles. The summed E-state index contributed by atoms with van der Waals surface area (Å²) in [5.41, 5.74) is -0.158. The van der Waals surface area contributed by atoms with Crippen LogP contribution in [0.5, 0.6) is 0 Å². The average Bonchev–Trinajstić information content (AvgIpc) is 2.55. The molecule has 0 saturated heterocycles. The molecule has 1 rings (SSSR count).